The van der Waals surface area contributed by atoms with Crippen molar-refractivity contribution in [3.05, 3.63) is 76.3 Å². The number of rotatable bonds is 7. The molecule has 3 aromatic carbocycles. The van der Waals surface area contributed by atoms with Crippen LogP contribution >= 0.6 is 0 Å². The van der Waals surface area contributed by atoms with Gasteiger partial charge in [-0.3, -0.25) is 10.1 Å². The Balaban J connectivity index is 1.41. The summed E-state index contributed by atoms with van der Waals surface area (Å²) in [5.74, 6) is 1.49. The smallest absolute Gasteiger partial charge is 0.282 e. The van der Waals surface area contributed by atoms with Gasteiger partial charge < -0.3 is 28.7 Å². The van der Waals surface area contributed by atoms with E-state index in [4.69, 9.17) is 23.4 Å². The number of benzene rings is 3. The summed E-state index contributed by atoms with van der Waals surface area (Å²) in [6, 6.07) is 15.3. The number of hydrogen-bond donors (Lipinski definition) is 1. The number of nitro benzene ring substituents is 1. The molecule has 0 unspecified atom stereocenters. The van der Waals surface area contributed by atoms with Crippen molar-refractivity contribution in [3.63, 3.8) is 0 Å². The number of nitrogens with zero attached hydrogens (tertiary/aromatic N) is 2. The second-order valence-corrected chi connectivity index (χ2v) is 10.1. The lowest BCUT2D eigenvalue weighted by Gasteiger charge is -2.18. The van der Waals surface area contributed by atoms with Gasteiger partial charge in [-0.05, 0) is 35.9 Å². The lowest BCUT2D eigenvalue weighted by molar-refractivity contribution is -0.384. The molecule has 0 spiro atoms. The molecule has 0 saturated carbocycles. The van der Waals surface area contributed by atoms with Crippen LogP contribution in [0.25, 0.3) is 11.5 Å². The van der Waals surface area contributed by atoms with E-state index in [1.54, 1.807) is 24.3 Å². The van der Waals surface area contributed by atoms with Crippen molar-refractivity contribution in [1.82, 2.24) is 4.98 Å². The van der Waals surface area contributed by atoms with Crippen molar-refractivity contribution in [2.75, 3.05) is 25.3 Å². The number of ether oxygens (including phenoxy) is 4. The quantitative estimate of drug-likeness (QED) is 0.267. The van der Waals surface area contributed by atoms with Crippen LogP contribution in [0.15, 0.2) is 75.0 Å². The third-order valence-corrected chi connectivity index (χ3v) is 7.56. The van der Waals surface area contributed by atoms with Crippen LogP contribution in [0.3, 0.4) is 0 Å². The Hall–Kier alpha value is -4.78. The van der Waals surface area contributed by atoms with E-state index in [-0.39, 0.29) is 53.6 Å². The Morgan fingerprint density at radius 1 is 0.895 bits per heavy atom. The molecule has 1 N–H and O–H groups in total. The van der Waals surface area contributed by atoms with Crippen molar-refractivity contribution < 1.29 is 36.7 Å². The summed E-state index contributed by atoms with van der Waals surface area (Å²) in [6.07, 6.45) is 0. The van der Waals surface area contributed by atoms with E-state index in [1.165, 1.54) is 36.4 Å². The van der Waals surface area contributed by atoms with E-state index in [2.05, 4.69) is 10.3 Å². The molecule has 1 aromatic heterocycles. The molecule has 194 valence electrons. The molecule has 2 aliphatic heterocycles. The maximum absolute atomic E-state index is 13.7. The van der Waals surface area contributed by atoms with Crippen LogP contribution < -0.4 is 24.3 Å². The summed E-state index contributed by atoms with van der Waals surface area (Å²) in [7, 11) is -4.25. The van der Waals surface area contributed by atoms with Crippen LogP contribution in [-0.4, -0.2) is 38.3 Å². The maximum atomic E-state index is 13.7. The molecule has 13 heteroatoms. The van der Waals surface area contributed by atoms with Gasteiger partial charge in [-0.1, -0.05) is 18.2 Å². The minimum atomic E-state index is -4.25. The fraction of sp³-hybridized carbons (Fsp3) is 0.160. The van der Waals surface area contributed by atoms with Gasteiger partial charge in [0.1, 0.15) is 18.8 Å². The van der Waals surface area contributed by atoms with Crippen molar-refractivity contribution >= 4 is 21.4 Å². The molecule has 6 rings (SSSR count). The highest BCUT2D eigenvalue weighted by atomic mass is 32.2. The van der Waals surface area contributed by atoms with Crippen LogP contribution in [0, 0.1) is 10.1 Å². The Morgan fingerprint density at radius 2 is 1.61 bits per heavy atom. The summed E-state index contributed by atoms with van der Waals surface area (Å²) < 4.78 is 55.0. The van der Waals surface area contributed by atoms with Gasteiger partial charge in [0, 0.05) is 18.7 Å². The van der Waals surface area contributed by atoms with Crippen molar-refractivity contribution in [3.8, 4) is 34.5 Å². The Kier molecular flexibility index (Phi) is 5.76. The highest BCUT2D eigenvalue weighted by Crippen LogP contribution is 2.39. The predicted octanol–water partition coefficient (Wildman–Crippen LogP) is 4.19. The average molecular weight is 538 g/mol. The van der Waals surface area contributed by atoms with Crippen LogP contribution in [0.4, 0.5) is 11.6 Å². The predicted molar refractivity (Wildman–Crippen MR) is 131 cm³/mol. The SMILES string of the molecule is O=[N+]([O-])c1ccccc1-c1nc(S(=O)(=O)c2ccc3c(c2)OCCO3)c(NCc2ccc3c(c2)OCO3)o1. The van der Waals surface area contributed by atoms with E-state index in [9.17, 15) is 18.5 Å². The summed E-state index contributed by atoms with van der Waals surface area (Å²) in [4.78, 5) is 15.1. The normalized spacial score (nSPS) is 13.8. The maximum Gasteiger partial charge on any atom is 0.282 e. The average Bonchev–Trinajstić information content (AvgIpc) is 3.59. The van der Waals surface area contributed by atoms with Gasteiger partial charge in [-0.15, -0.1) is 0 Å². The van der Waals surface area contributed by atoms with Gasteiger partial charge in [-0.25, -0.2) is 8.42 Å². The molecule has 12 nitrogen and oxygen atoms in total. The van der Waals surface area contributed by atoms with E-state index < -0.39 is 19.8 Å². The highest BCUT2D eigenvalue weighted by molar-refractivity contribution is 7.91. The molecule has 0 amide bonds. The van der Waals surface area contributed by atoms with Gasteiger partial charge in [0.2, 0.25) is 33.4 Å². The number of nitro groups is 1. The lowest BCUT2D eigenvalue weighted by atomic mass is 10.2. The van der Waals surface area contributed by atoms with Crippen LogP contribution in [-0.2, 0) is 16.4 Å². The van der Waals surface area contributed by atoms with Crippen molar-refractivity contribution in [1.29, 1.82) is 0 Å². The number of aromatic nitrogens is 1. The molecule has 4 aromatic rings. The van der Waals surface area contributed by atoms with E-state index in [0.29, 0.717) is 23.9 Å². The first kappa shape index (κ1) is 23.6. The summed E-state index contributed by atoms with van der Waals surface area (Å²) in [6.45, 7) is 0.900. The molecule has 2 aliphatic rings. The zero-order chi connectivity index (χ0) is 26.3. The van der Waals surface area contributed by atoms with Crippen LogP contribution in [0.5, 0.6) is 23.0 Å². The first-order chi connectivity index (χ1) is 18.4. The second-order valence-electron chi connectivity index (χ2n) is 8.28. The van der Waals surface area contributed by atoms with Crippen molar-refractivity contribution in [2.45, 2.75) is 16.5 Å². The fourth-order valence-corrected chi connectivity index (χ4v) is 5.36. The Labute approximate surface area is 215 Å². The zero-order valence-electron chi connectivity index (χ0n) is 19.6. The Morgan fingerprint density at radius 3 is 2.45 bits per heavy atom. The number of oxazole rings is 1. The first-order valence-electron chi connectivity index (χ1n) is 11.4. The number of fused-ring (bicyclic) bond motifs is 2. The molecule has 0 atom stereocenters. The molecule has 0 fully saturated rings. The fourth-order valence-electron chi connectivity index (χ4n) is 4.06. The topological polar surface area (TPSA) is 152 Å². The lowest BCUT2D eigenvalue weighted by Crippen LogP contribution is -2.16. The van der Waals surface area contributed by atoms with Gasteiger partial charge in [0.15, 0.2) is 23.0 Å². The molecule has 0 saturated heterocycles. The highest BCUT2D eigenvalue weighted by Gasteiger charge is 2.31. The molecule has 38 heavy (non-hydrogen) atoms. The number of hydrogen-bond acceptors (Lipinski definition) is 11. The summed E-state index contributed by atoms with van der Waals surface area (Å²) in [5.41, 5.74) is 0.507. The molecular formula is C25H19N3O9S. The Bertz CT molecular complexity index is 1670. The number of anilines is 1. The van der Waals surface area contributed by atoms with Gasteiger partial charge in [0.05, 0.1) is 9.82 Å². The van der Waals surface area contributed by atoms with Crippen LogP contribution in [0.2, 0.25) is 0 Å². The minimum absolute atomic E-state index is 0.0345. The molecule has 0 aliphatic carbocycles. The third-order valence-electron chi connectivity index (χ3n) is 5.90. The minimum Gasteiger partial charge on any atom is -0.486 e. The first-order valence-corrected chi connectivity index (χ1v) is 12.9. The second kappa shape index (κ2) is 9.27. The van der Waals surface area contributed by atoms with Gasteiger partial charge in [-0.2, -0.15) is 4.98 Å². The van der Waals surface area contributed by atoms with Crippen LogP contribution in [0.1, 0.15) is 5.56 Å². The number of sulfone groups is 1. The van der Waals surface area contributed by atoms with Gasteiger partial charge in [0.25, 0.3) is 5.69 Å². The molecule has 0 bridgehead atoms. The summed E-state index contributed by atoms with van der Waals surface area (Å²) in [5, 5.41) is 14.1. The van der Waals surface area contributed by atoms with E-state index in [1.807, 2.05) is 0 Å². The van der Waals surface area contributed by atoms with E-state index >= 15 is 0 Å². The standard InChI is InChI=1S/C25H19N3O9S/c29-28(30)18-4-2-1-3-17(18)23-27-25(38(31,32)16-6-8-19-22(12-16)34-10-9-33-19)24(37-23)26-13-15-5-7-20-21(11-15)36-14-35-20/h1-8,11-12,26H,9-10,13-14H2. The third kappa shape index (κ3) is 4.22. The molecule has 3 heterocycles. The molecule has 0 radical (unpaired) electrons. The van der Waals surface area contributed by atoms with Gasteiger partial charge >= 0.3 is 0 Å². The van der Waals surface area contributed by atoms with Crippen molar-refractivity contribution in [2.24, 2.45) is 0 Å². The van der Waals surface area contributed by atoms with E-state index in [0.717, 1.165) is 5.56 Å². The molecular weight excluding hydrogens is 518 g/mol. The zero-order valence-corrected chi connectivity index (χ0v) is 20.4. The number of para-hydroxylation sites is 1. The largest absolute Gasteiger partial charge is 0.486 e. The monoisotopic (exact) mass is 537 g/mol. The summed E-state index contributed by atoms with van der Waals surface area (Å²) >= 11 is 0. The number of nitrogens with one attached hydrogen (secondary N) is 1.